The van der Waals surface area contributed by atoms with Crippen molar-refractivity contribution >= 4 is 21.6 Å². The van der Waals surface area contributed by atoms with Crippen molar-refractivity contribution in [1.82, 2.24) is 14.4 Å². The van der Waals surface area contributed by atoms with Crippen LogP contribution in [0.4, 0.5) is 0 Å². The molecule has 2 aromatic carbocycles. The first kappa shape index (κ1) is 21.0. The van der Waals surface area contributed by atoms with E-state index in [9.17, 15) is 8.42 Å². The lowest BCUT2D eigenvalue weighted by Gasteiger charge is -2.25. The van der Waals surface area contributed by atoms with E-state index in [0.29, 0.717) is 34.6 Å². The van der Waals surface area contributed by atoms with Gasteiger partial charge in [0.1, 0.15) is 6.04 Å². The lowest BCUT2D eigenvalue weighted by molar-refractivity contribution is 0.290. The zero-order chi connectivity index (χ0) is 21.6. The standard InChI is InChI=1S/C22H24ClN3O3S/c1-13-11-14(2)16(4)20(15(13)3)30(27,28)26-10-6-9-19(26)22-24-21(25-29-22)17-7-5-8-18(23)12-17/h5,7-8,11-12,19H,6,9-10H2,1-4H3. The summed E-state index contributed by atoms with van der Waals surface area (Å²) in [6.45, 7) is 8.04. The molecule has 0 saturated carbocycles. The van der Waals surface area contributed by atoms with Crippen LogP contribution in [-0.4, -0.2) is 29.4 Å². The average molecular weight is 446 g/mol. The fourth-order valence-electron chi connectivity index (χ4n) is 4.07. The van der Waals surface area contributed by atoms with Crippen LogP contribution in [0.1, 0.15) is 47.0 Å². The molecule has 2 heterocycles. The number of hydrogen-bond acceptors (Lipinski definition) is 5. The minimum Gasteiger partial charge on any atom is -0.337 e. The Bertz CT molecular complexity index is 1190. The average Bonchev–Trinajstić information content (AvgIpc) is 3.36. The SMILES string of the molecule is Cc1cc(C)c(C)c(S(=O)(=O)N2CCCC2c2nc(-c3cccc(Cl)c3)no2)c1C. The Labute approximate surface area is 181 Å². The lowest BCUT2D eigenvalue weighted by atomic mass is 10.0. The second kappa shape index (κ2) is 7.80. The Morgan fingerprint density at radius 2 is 1.80 bits per heavy atom. The van der Waals surface area contributed by atoms with Gasteiger partial charge in [-0.25, -0.2) is 8.42 Å². The zero-order valence-corrected chi connectivity index (χ0v) is 19.0. The van der Waals surface area contributed by atoms with Gasteiger partial charge in [-0.15, -0.1) is 0 Å². The van der Waals surface area contributed by atoms with Crippen LogP contribution in [0.3, 0.4) is 0 Å². The van der Waals surface area contributed by atoms with Gasteiger partial charge in [0.05, 0.1) is 4.90 Å². The summed E-state index contributed by atoms with van der Waals surface area (Å²) in [4.78, 5) is 4.89. The highest BCUT2D eigenvalue weighted by atomic mass is 35.5. The molecule has 6 nitrogen and oxygen atoms in total. The molecule has 1 aliphatic heterocycles. The first-order valence-electron chi connectivity index (χ1n) is 9.89. The van der Waals surface area contributed by atoms with Gasteiger partial charge in [-0.2, -0.15) is 9.29 Å². The van der Waals surface area contributed by atoms with Crippen LogP contribution in [0.2, 0.25) is 5.02 Å². The maximum Gasteiger partial charge on any atom is 0.245 e. The van der Waals surface area contributed by atoms with E-state index in [0.717, 1.165) is 34.2 Å². The third-order valence-corrected chi connectivity index (χ3v) is 8.30. The van der Waals surface area contributed by atoms with Gasteiger partial charge < -0.3 is 4.52 Å². The molecule has 0 bridgehead atoms. The van der Waals surface area contributed by atoms with Gasteiger partial charge in [0.25, 0.3) is 0 Å². The van der Waals surface area contributed by atoms with Crippen molar-refractivity contribution in [3.8, 4) is 11.4 Å². The molecule has 1 fully saturated rings. The summed E-state index contributed by atoms with van der Waals surface area (Å²) in [5.74, 6) is 0.709. The summed E-state index contributed by atoms with van der Waals surface area (Å²) in [5.41, 5.74) is 4.23. The molecule has 3 aromatic rings. The Morgan fingerprint density at radius 1 is 1.10 bits per heavy atom. The van der Waals surface area contributed by atoms with Crippen LogP contribution in [0.25, 0.3) is 11.4 Å². The molecular weight excluding hydrogens is 422 g/mol. The van der Waals surface area contributed by atoms with Gasteiger partial charge in [0.15, 0.2) is 0 Å². The van der Waals surface area contributed by atoms with E-state index in [4.69, 9.17) is 16.1 Å². The maximum atomic E-state index is 13.7. The van der Waals surface area contributed by atoms with Crippen LogP contribution in [-0.2, 0) is 10.0 Å². The molecule has 1 unspecified atom stereocenters. The molecule has 158 valence electrons. The van der Waals surface area contributed by atoms with Gasteiger partial charge >= 0.3 is 0 Å². The summed E-state index contributed by atoms with van der Waals surface area (Å²) in [5, 5.41) is 4.63. The smallest absolute Gasteiger partial charge is 0.245 e. The van der Waals surface area contributed by atoms with Gasteiger partial charge in [-0.05, 0) is 74.9 Å². The topological polar surface area (TPSA) is 76.3 Å². The number of aromatic nitrogens is 2. The monoisotopic (exact) mass is 445 g/mol. The van der Waals surface area contributed by atoms with Crippen molar-refractivity contribution < 1.29 is 12.9 Å². The fraction of sp³-hybridized carbons (Fsp3) is 0.364. The molecule has 0 radical (unpaired) electrons. The Hall–Kier alpha value is -2.22. The van der Waals surface area contributed by atoms with Crippen molar-refractivity contribution in [2.24, 2.45) is 0 Å². The molecule has 1 saturated heterocycles. The predicted octanol–water partition coefficient (Wildman–Crippen LogP) is 5.15. The number of hydrogen-bond donors (Lipinski definition) is 0. The van der Waals surface area contributed by atoms with E-state index in [1.54, 1.807) is 12.1 Å². The minimum atomic E-state index is -3.72. The minimum absolute atomic E-state index is 0.311. The summed E-state index contributed by atoms with van der Waals surface area (Å²) in [6.07, 6.45) is 1.38. The van der Waals surface area contributed by atoms with E-state index in [2.05, 4.69) is 10.1 Å². The number of halogens is 1. The van der Waals surface area contributed by atoms with Crippen LogP contribution in [0.15, 0.2) is 39.8 Å². The largest absolute Gasteiger partial charge is 0.337 e. The third kappa shape index (κ3) is 3.55. The van der Waals surface area contributed by atoms with Crippen molar-refractivity contribution in [3.05, 3.63) is 63.5 Å². The molecule has 0 N–H and O–H groups in total. The zero-order valence-electron chi connectivity index (χ0n) is 17.4. The Kier molecular flexibility index (Phi) is 5.46. The normalized spacial score (nSPS) is 17.6. The number of benzene rings is 2. The van der Waals surface area contributed by atoms with Crippen LogP contribution < -0.4 is 0 Å². The number of sulfonamides is 1. The van der Waals surface area contributed by atoms with Crippen molar-refractivity contribution in [3.63, 3.8) is 0 Å². The van der Waals surface area contributed by atoms with E-state index in [-0.39, 0.29) is 0 Å². The highest BCUT2D eigenvalue weighted by Crippen LogP contribution is 2.39. The van der Waals surface area contributed by atoms with Crippen molar-refractivity contribution in [2.75, 3.05) is 6.54 Å². The highest BCUT2D eigenvalue weighted by Gasteiger charge is 2.41. The summed E-state index contributed by atoms with van der Waals surface area (Å²) >= 11 is 6.06. The van der Waals surface area contributed by atoms with Crippen molar-refractivity contribution in [1.29, 1.82) is 0 Å². The molecule has 1 atom stereocenters. The molecule has 1 aromatic heterocycles. The third-order valence-electron chi connectivity index (χ3n) is 5.88. The molecule has 30 heavy (non-hydrogen) atoms. The first-order valence-corrected chi connectivity index (χ1v) is 11.7. The number of rotatable bonds is 4. The van der Waals surface area contributed by atoms with Crippen LogP contribution in [0.5, 0.6) is 0 Å². The second-order valence-corrected chi connectivity index (χ2v) is 10.1. The molecule has 4 rings (SSSR count). The molecule has 0 amide bonds. The van der Waals surface area contributed by atoms with Crippen LogP contribution >= 0.6 is 11.6 Å². The molecule has 1 aliphatic rings. The highest BCUT2D eigenvalue weighted by molar-refractivity contribution is 7.89. The first-order chi connectivity index (χ1) is 14.2. The summed E-state index contributed by atoms with van der Waals surface area (Å²) < 4.78 is 34.4. The predicted molar refractivity (Wildman–Crippen MR) is 116 cm³/mol. The quantitative estimate of drug-likeness (QED) is 0.555. The summed E-state index contributed by atoms with van der Waals surface area (Å²) in [7, 11) is -3.72. The maximum absolute atomic E-state index is 13.7. The number of aryl methyl sites for hydroxylation is 2. The lowest BCUT2D eigenvalue weighted by Crippen LogP contribution is -2.32. The molecular formula is C22H24ClN3O3S. The van der Waals surface area contributed by atoms with E-state index < -0.39 is 16.1 Å². The van der Waals surface area contributed by atoms with Crippen LogP contribution in [0, 0.1) is 27.7 Å². The number of nitrogens with zero attached hydrogens (tertiary/aromatic N) is 3. The van der Waals surface area contributed by atoms with Gasteiger partial charge in [-0.3, -0.25) is 0 Å². The van der Waals surface area contributed by atoms with Gasteiger partial charge in [0, 0.05) is 17.1 Å². The van der Waals surface area contributed by atoms with E-state index >= 15 is 0 Å². The molecule has 0 spiro atoms. The fourth-order valence-corrected chi connectivity index (χ4v) is 6.50. The Morgan fingerprint density at radius 3 is 2.47 bits per heavy atom. The summed E-state index contributed by atoms with van der Waals surface area (Å²) in [6, 6.07) is 8.72. The van der Waals surface area contributed by atoms with E-state index in [1.807, 2.05) is 45.9 Å². The molecule has 8 heteroatoms. The van der Waals surface area contributed by atoms with Gasteiger partial charge in [0.2, 0.25) is 21.7 Å². The van der Waals surface area contributed by atoms with Gasteiger partial charge in [-0.1, -0.05) is 35.0 Å². The Balaban J connectivity index is 1.73. The molecule has 0 aliphatic carbocycles. The second-order valence-electron chi connectivity index (χ2n) is 7.83. The van der Waals surface area contributed by atoms with E-state index in [1.165, 1.54) is 4.31 Å². The van der Waals surface area contributed by atoms with Crippen molar-refractivity contribution in [2.45, 2.75) is 51.5 Å².